The van der Waals surface area contributed by atoms with Gasteiger partial charge >= 0.3 is 5.97 Å². The van der Waals surface area contributed by atoms with E-state index in [-0.39, 0.29) is 28.1 Å². The van der Waals surface area contributed by atoms with Gasteiger partial charge in [-0.1, -0.05) is 12.1 Å². The maximum absolute atomic E-state index is 12.7. The van der Waals surface area contributed by atoms with Crippen LogP contribution in [0.15, 0.2) is 42.5 Å². The second kappa shape index (κ2) is 7.50. The summed E-state index contributed by atoms with van der Waals surface area (Å²) in [5.74, 6) is -2.79. The average molecular weight is 397 g/mol. The van der Waals surface area contributed by atoms with Gasteiger partial charge in [-0.3, -0.25) is 29.4 Å². The zero-order valence-corrected chi connectivity index (χ0v) is 15.4. The third kappa shape index (κ3) is 3.43. The maximum Gasteiger partial charge on any atom is 0.339 e. The van der Waals surface area contributed by atoms with E-state index in [4.69, 9.17) is 4.74 Å². The van der Waals surface area contributed by atoms with Crippen LogP contribution in [0.25, 0.3) is 0 Å². The van der Waals surface area contributed by atoms with Crippen molar-refractivity contribution < 1.29 is 28.8 Å². The topological polar surface area (TPSA) is 127 Å². The number of non-ortho nitro benzene ring substituents is 1. The summed E-state index contributed by atoms with van der Waals surface area (Å²) in [6, 6.07) is 9.54. The number of carbonyl (C=O) groups excluding carboxylic acids is 4. The van der Waals surface area contributed by atoms with E-state index in [2.05, 4.69) is 0 Å². The number of fused-ring (bicyclic) bond motifs is 1. The number of nitro benzene ring substituents is 1. The number of nitrogens with zero attached hydrogens (tertiary/aromatic N) is 3. The second-order valence-corrected chi connectivity index (χ2v) is 6.14. The molecule has 0 aromatic heterocycles. The number of anilines is 1. The SMILES string of the molecule is COC(=O)c1ccccc1N(C)C(=O)CN1C(=O)c2ccc([N+](=O)[O-])cc2C1=O. The molecule has 3 rings (SSSR count). The Morgan fingerprint density at radius 2 is 1.76 bits per heavy atom. The number of methoxy groups -OCH3 is 1. The zero-order chi connectivity index (χ0) is 21.3. The molecule has 1 aliphatic rings. The molecule has 0 unspecified atom stereocenters. The van der Waals surface area contributed by atoms with Crippen molar-refractivity contribution in [2.75, 3.05) is 25.6 Å². The minimum atomic E-state index is -0.795. The largest absolute Gasteiger partial charge is 0.465 e. The summed E-state index contributed by atoms with van der Waals surface area (Å²) in [7, 11) is 2.60. The fourth-order valence-electron chi connectivity index (χ4n) is 2.96. The van der Waals surface area contributed by atoms with Gasteiger partial charge in [0, 0.05) is 19.2 Å². The van der Waals surface area contributed by atoms with Crippen molar-refractivity contribution in [2.45, 2.75) is 0 Å². The normalized spacial score (nSPS) is 12.6. The summed E-state index contributed by atoms with van der Waals surface area (Å²) < 4.78 is 4.70. The smallest absolute Gasteiger partial charge is 0.339 e. The number of benzene rings is 2. The Morgan fingerprint density at radius 1 is 1.10 bits per heavy atom. The zero-order valence-electron chi connectivity index (χ0n) is 15.4. The number of carbonyl (C=O) groups is 4. The van der Waals surface area contributed by atoms with Crippen molar-refractivity contribution in [3.8, 4) is 0 Å². The van der Waals surface area contributed by atoms with Crippen LogP contribution in [-0.2, 0) is 9.53 Å². The molecule has 0 bridgehead atoms. The van der Waals surface area contributed by atoms with Gasteiger partial charge in [-0.15, -0.1) is 0 Å². The lowest BCUT2D eigenvalue weighted by Crippen LogP contribution is -2.41. The Kier molecular flexibility index (Phi) is 5.09. The highest BCUT2D eigenvalue weighted by molar-refractivity contribution is 6.23. The highest BCUT2D eigenvalue weighted by Gasteiger charge is 2.38. The van der Waals surface area contributed by atoms with Crippen LogP contribution in [0.5, 0.6) is 0 Å². The van der Waals surface area contributed by atoms with Gasteiger partial charge in [0.05, 0.1) is 34.4 Å². The van der Waals surface area contributed by atoms with Crippen molar-refractivity contribution in [2.24, 2.45) is 0 Å². The molecule has 1 aliphatic heterocycles. The van der Waals surface area contributed by atoms with Gasteiger partial charge in [0.25, 0.3) is 17.5 Å². The highest BCUT2D eigenvalue weighted by atomic mass is 16.6. The molecule has 1 heterocycles. The van der Waals surface area contributed by atoms with Gasteiger partial charge in [0.1, 0.15) is 6.54 Å². The summed E-state index contributed by atoms with van der Waals surface area (Å²) in [4.78, 5) is 61.7. The van der Waals surface area contributed by atoms with Crippen LogP contribution in [0, 0.1) is 10.1 Å². The minimum absolute atomic E-state index is 0.00832. The minimum Gasteiger partial charge on any atom is -0.465 e. The van der Waals surface area contributed by atoms with Crippen LogP contribution < -0.4 is 4.90 Å². The van der Waals surface area contributed by atoms with E-state index in [1.165, 1.54) is 32.4 Å². The molecule has 0 N–H and O–H groups in total. The molecule has 0 saturated carbocycles. The molecular weight excluding hydrogens is 382 g/mol. The summed E-state index contributed by atoms with van der Waals surface area (Å²) in [5, 5.41) is 10.9. The Labute approximate surface area is 164 Å². The molecule has 0 spiro atoms. The van der Waals surface area contributed by atoms with Crippen molar-refractivity contribution in [1.82, 2.24) is 4.90 Å². The number of amides is 3. The van der Waals surface area contributed by atoms with Crippen LogP contribution in [0.1, 0.15) is 31.1 Å². The summed E-state index contributed by atoms with van der Waals surface area (Å²) in [6.07, 6.45) is 0. The van der Waals surface area contributed by atoms with Gasteiger partial charge in [-0.2, -0.15) is 0 Å². The van der Waals surface area contributed by atoms with Gasteiger partial charge < -0.3 is 9.64 Å². The Morgan fingerprint density at radius 3 is 2.41 bits per heavy atom. The lowest BCUT2D eigenvalue weighted by molar-refractivity contribution is -0.384. The Hall–Kier alpha value is -4.08. The van der Waals surface area contributed by atoms with E-state index >= 15 is 0 Å². The van der Waals surface area contributed by atoms with Crippen molar-refractivity contribution >= 4 is 35.1 Å². The first-order valence-corrected chi connectivity index (χ1v) is 8.34. The van der Waals surface area contributed by atoms with Gasteiger partial charge in [-0.25, -0.2) is 4.79 Å². The molecule has 2 aromatic carbocycles. The number of hydrogen-bond donors (Lipinski definition) is 0. The monoisotopic (exact) mass is 397 g/mol. The quantitative estimate of drug-likeness (QED) is 0.325. The van der Waals surface area contributed by atoms with Crippen molar-refractivity contribution in [3.63, 3.8) is 0 Å². The number of likely N-dealkylation sites (N-methyl/N-ethyl adjacent to an activating group) is 1. The number of para-hydroxylation sites is 1. The van der Waals surface area contributed by atoms with E-state index in [1.54, 1.807) is 12.1 Å². The van der Waals surface area contributed by atoms with Gasteiger partial charge in [0.15, 0.2) is 0 Å². The van der Waals surface area contributed by atoms with Crippen LogP contribution in [0.4, 0.5) is 11.4 Å². The predicted octanol–water partition coefficient (Wildman–Crippen LogP) is 1.64. The van der Waals surface area contributed by atoms with E-state index in [9.17, 15) is 29.3 Å². The predicted molar refractivity (Wildman–Crippen MR) is 99.7 cm³/mol. The Balaban J connectivity index is 1.85. The standard InChI is InChI=1S/C19H15N3O7/c1-20(15-6-4-3-5-13(15)19(26)29-2)16(23)10-21-17(24)12-8-7-11(22(27)28)9-14(12)18(21)25/h3-9H,10H2,1-2H3. The molecule has 29 heavy (non-hydrogen) atoms. The summed E-state index contributed by atoms with van der Waals surface area (Å²) in [6.45, 7) is -0.591. The van der Waals surface area contributed by atoms with Crippen molar-refractivity contribution in [3.05, 3.63) is 69.3 Å². The van der Waals surface area contributed by atoms with E-state index in [0.717, 1.165) is 17.0 Å². The lowest BCUT2D eigenvalue weighted by atomic mass is 10.1. The third-order valence-corrected chi connectivity index (χ3v) is 4.50. The molecule has 0 fully saturated rings. The van der Waals surface area contributed by atoms with Crippen LogP contribution >= 0.6 is 0 Å². The molecule has 148 valence electrons. The van der Waals surface area contributed by atoms with Crippen molar-refractivity contribution in [1.29, 1.82) is 0 Å². The first-order valence-electron chi connectivity index (χ1n) is 8.34. The van der Waals surface area contributed by atoms with Crippen LogP contribution in [0.3, 0.4) is 0 Å². The molecule has 0 atom stereocenters. The number of hydrogen-bond acceptors (Lipinski definition) is 7. The van der Waals surface area contributed by atoms with Gasteiger partial charge in [-0.05, 0) is 18.2 Å². The van der Waals surface area contributed by atoms with E-state index < -0.39 is 35.2 Å². The Bertz CT molecular complexity index is 1060. The molecular formula is C19H15N3O7. The first-order chi connectivity index (χ1) is 13.8. The molecule has 2 aromatic rings. The second-order valence-electron chi connectivity index (χ2n) is 6.14. The third-order valence-electron chi connectivity index (χ3n) is 4.50. The molecule has 10 nitrogen and oxygen atoms in total. The average Bonchev–Trinajstić information content (AvgIpc) is 2.96. The molecule has 3 amide bonds. The fourth-order valence-corrected chi connectivity index (χ4v) is 2.96. The van der Waals surface area contributed by atoms with Crippen LogP contribution in [0.2, 0.25) is 0 Å². The molecule has 0 aliphatic carbocycles. The highest BCUT2D eigenvalue weighted by Crippen LogP contribution is 2.27. The number of rotatable bonds is 5. The molecule has 0 saturated heterocycles. The summed E-state index contributed by atoms with van der Waals surface area (Å²) >= 11 is 0. The fraction of sp³-hybridized carbons (Fsp3) is 0.158. The number of esters is 1. The van der Waals surface area contributed by atoms with Gasteiger partial charge in [0.2, 0.25) is 5.91 Å². The van der Waals surface area contributed by atoms with Crippen LogP contribution in [-0.4, -0.2) is 54.2 Å². The molecule has 0 radical (unpaired) electrons. The molecule has 10 heteroatoms. The maximum atomic E-state index is 12.7. The van der Waals surface area contributed by atoms with E-state index in [1.807, 2.05) is 0 Å². The van der Waals surface area contributed by atoms with E-state index in [0.29, 0.717) is 4.90 Å². The summed E-state index contributed by atoms with van der Waals surface area (Å²) in [5.41, 5.74) is -0.0803. The number of imide groups is 1. The first kappa shape index (κ1) is 19.7. The lowest BCUT2D eigenvalue weighted by Gasteiger charge is -2.22. The number of ether oxygens (including phenoxy) is 1. The number of nitro groups is 1.